The van der Waals surface area contributed by atoms with Crippen molar-refractivity contribution in [3.63, 3.8) is 0 Å². The molecule has 0 radical (unpaired) electrons. The normalized spacial score (nSPS) is 11.3. The first-order valence-electron chi connectivity index (χ1n) is 6.00. The molecular formula is C13H14Cl2N3O2P. The molecule has 1 heterocycles. The monoisotopic (exact) mass is 345 g/mol. The fraction of sp³-hybridized carbons (Fsp3) is 0.231. The summed E-state index contributed by atoms with van der Waals surface area (Å²) in [4.78, 5) is 7.81. The van der Waals surface area contributed by atoms with Crippen molar-refractivity contribution in [2.45, 2.75) is 0 Å². The molecule has 21 heavy (non-hydrogen) atoms. The molecule has 0 aliphatic carbocycles. The molecule has 0 atom stereocenters. The van der Waals surface area contributed by atoms with Gasteiger partial charge in [-0.05, 0) is 43.1 Å². The lowest BCUT2D eigenvalue weighted by Crippen LogP contribution is -2.11. The second-order valence-corrected chi connectivity index (χ2v) is 8.62. The highest BCUT2D eigenvalue weighted by Crippen LogP contribution is 2.40. The average Bonchev–Trinajstić information content (AvgIpc) is 2.42. The minimum atomic E-state index is -2.52. The van der Waals surface area contributed by atoms with E-state index in [4.69, 9.17) is 27.9 Å². The zero-order chi connectivity index (χ0) is 15.6. The molecule has 0 aliphatic rings. The largest absolute Gasteiger partial charge is 0.497 e. The van der Waals surface area contributed by atoms with Crippen LogP contribution in [0.3, 0.4) is 0 Å². The van der Waals surface area contributed by atoms with Crippen molar-refractivity contribution in [3.8, 4) is 5.75 Å². The van der Waals surface area contributed by atoms with E-state index in [1.807, 2.05) is 0 Å². The van der Waals surface area contributed by atoms with E-state index in [-0.39, 0.29) is 5.28 Å². The van der Waals surface area contributed by atoms with Gasteiger partial charge in [0.2, 0.25) is 5.28 Å². The standard InChI is InChI=1S/C13H14Cl2N3O2P/c1-20-8-4-5-10(11(6-8)21(2,3)19)17-12-9(14)7-16-13(15)18-12/h4-7H,1-3H3,(H,16,17,18). The highest BCUT2D eigenvalue weighted by Gasteiger charge is 2.18. The Morgan fingerprint density at radius 1 is 1.29 bits per heavy atom. The van der Waals surface area contributed by atoms with Crippen molar-refractivity contribution >= 4 is 47.2 Å². The molecule has 0 saturated carbocycles. The Labute approximate surface area is 133 Å². The number of anilines is 2. The summed E-state index contributed by atoms with van der Waals surface area (Å²) < 4.78 is 17.6. The van der Waals surface area contributed by atoms with Crippen LogP contribution in [0.2, 0.25) is 10.3 Å². The van der Waals surface area contributed by atoms with Crippen molar-refractivity contribution in [2.75, 3.05) is 25.8 Å². The first-order chi connectivity index (χ1) is 9.81. The zero-order valence-corrected chi connectivity index (χ0v) is 14.1. The number of methoxy groups -OCH3 is 1. The maximum Gasteiger partial charge on any atom is 0.224 e. The number of nitrogens with one attached hydrogen (secondary N) is 1. The molecule has 0 aliphatic heterocycles. The van der Waals surface area contributed by atoms with E-state index >= 15 is 0 Å². The molecule has 0 spiro atoms. The molecule has 1 aromatic carbocycles. The van der Waals surface area contributed by atoms with Gasteiger partial charge in [0.25, 0.3) is 0 Å². The molecule has 0 bridgehead atoms. The van der Waals surface area contributed by atoms with Crippen LogP contribution in [0.5, 0.6) is 5.75 Å². The molecule has 2 rings (SSSR count). The number of ether oxygens (including phenoxy) is 1. The number of nitrogens with zero attached hydrogens (tertiary/aromatic N) is 2. The zero-order valence-electron chi connectivity index (χ0n) is 11.7. The van der Waals surface area contributed by atoms with Gasteiger partial charge in [-0.15, -0.1) is 0 Å². The Morgan fingerprint density at radius 2 is 2.00 bits per heavy atom. The van der Waals surface area contributed by atoms with E-state index in [1.165, 1.54) is 6.20 Å². The van der Waals surface area contributed by atoms with Crippen molar-refractivity contribution in [1.29, 1.82) is 0 Å². The number of rotatable bonds is 4. The average molecular weight is 346 g/mol. The lowest BCUT2D eigenvalue weighted by atomic mass is 10.3. The van der Waals surface area contributed by atoms with Gasteiger partial charge in [-0.1, -0.05) is 11.6 Å². The van der Waals surface area contributed by atoms with Gasteiger partial charge in [-0.25, -0.2) is 4.98 Å². The number of benzene rings is 1. The number of aromatic nitrogens is 2. The van der Waals surface area contributed by atoms with Crippen LogP contribution in [0.4, 0.5) is 11.5 Å². The Bertz CT molecular complexity index is 719. The van der Waals surface area contributed by atoms with E-state index in [2.05, 4.69) is 15.3 Å². The van der Waals surface area contributed by atoms with E-state index < -0.39 is 7.14 Å². The van der Waals surface area contributed by atoms with Crippen molar-refractivity contribution in [3.05, 3.63) is 34.7 Å². The van der Waals surface area contributed by atoms with Crippen molar-refractivity contribution < 1.29 is 9.30 Å². The summed E-state index contributed by atoms with van der Waals surface area (Å²) in [5.74, 6) is 0.989. The van der Waals surface area contributed by atoms with Crippen LogP contribution in [-0.4, -0.2) is 30.4 Å². The van der Waals surface area contributed by atoms with Crippen molar-refractivity contribution in [2.24, 2.45) is 0 Å². The number of halogens is 2. The topological polar surface area (TPSA) is 64.1 Å². The van der Waals surface area contributed by atoms with E-state index in [0.717, 1.165) is 0 Å². The van der Waals surface area contributed by atoms with Crippen LogP contribution in [0, 0.1) is 0 Å². The predicted molar refractivity (Wildman–Crippen MR) is 87.4 cm³/mol. The minimum Gasteiger partial charge on any atom is -0.497 e. The van der Waals surface area contributed by atoms with Gasteiger partial charge in [-0.3, -0.25) is 0 Å². The molecule has 0 saturated heterocycles. The van der Waals surface area contributed by atoms with Gasteiger partial charge in [0.1, 0.15) is 17.9 Å². The fourth-order valence-electron chi connectivity index (χ4n) is 1.75. The summed E-state index contributed by atoms with van der Waals surface area (Å²) in [6.45, 7) is 3.36. The summed E-state index contributed by atoms with van der Waals surface area (Å²) >= 11 is 11.8. The van der Waals surface area contributed by atoms with Gasteiger partial charge in [0, 0.05) is 5.30 Å². The summed E-state index contributed by atoms with van der Waals surface area (Å²) in [7, 11) is -0.963. The molecule has 0 unspecified atom stereocenters. The molecule has 1 aromatic heterocycles. The summed E-state index contributed by atoms with van der Waals surface area (Å²) in [5, 5.41) is 4.09. The van der Waals surface area contributed by atoms with Crippen LogP contribution >= 0.6 is 30.3 Å². The molecule has 8 heteroatoms. The third-order valence-electron chi connectivity index (χ3n) is 2.75. The highest BCUT2D eigenvalue weighted by atomic mass is 35.5. The highest BCUT2D eigenvalue weighted by molar-refractivity contribution is 7.70. The van der Waals surface area contributed by atoms with Gasteiger partial charge >= 0.3 is 0 Å². The molecule has 0 fully saturated rings. The summed E-state index contributed by atoms with van der Waals surface area (Å²) in [6, 6.07) is 5.26. The lowest BCUT2D eigenvalue weighted by molar-refractivity contribution is 0.415. The van der Waals surface area contributed by atoms with Crippen LogP contribution in [0.25, 0.3) is 0 Å². The first-order valence-corrected chi connectivity index (χ1v) is 9.35. The third kappa shape index (κ3) is 3.88. The maximum absolute atomic E-state index is 12.5. The van der Waals surface area contributed by atoms with Gasteiger partial charge in [0.15, 0.2) is 5.82 Å². The molecule has 112 valence electrons. The minimum absolute atomic E-state index is 0.0770. The SMILES string of the molecule is COc1ccc(Nc2nc(Cl)ncc2Cl)c(P(C)(C)=O)c1. The second kappa shape index (κ2) is 6.22. The predicted octanol–water partition coefficient (Wildman–Crippen LogP) is 3.78. The third-order valence-corrected chi connectivity index (χ3v) is 4.74. The Hall–Kier alpha value is -1.29. The molecule has 0 amide bonds. The molecule has 1 N–H and O–H groups in total. The van der Waals surface area contributed by atoms with Crippen LogP contribution in [0.1, 0.15) is 0 Å². The first kappa shape index (κ1) is 16.1. The van der Waals surface area contributed by atoms with E-state index in [0.29, 0.717) is 27.6 Å². The van der Waals surface area contributed by atoms with Crippen molar-refractivity contribution in [1.82, 2.24) is 9.97 Å². The molecule has 5 nitrogen and oxygen atoms in total. The van der Waals surface area contributed by atoms with Gasteiger partial charge in [0.05, 0.1) is 19.0 Å². The molecular weight excluding hydrogens is 332 g/mol. The van der Waals surface area contributed by atoms with Crippen LogP contribution in [-0.2, 0) is 4.57 Å². The quantitative estimate of drug-likeness (QED) is 0.674. The number of hydrogen-bond donors (Lipinski definition) is 1. The Morgan fingerprint density at radius 3 is 2.62 bits per heavy atom. The smallest absolute Gasteiger partial charge is 0.224 e. The fourth-order valence-corrected chi connectivity index (χ4v) is 3.17. The maximum atomic E-state index is 12.5. The second-order valence-electron chi connectivity index (χ2n) is 4.69. The Balaban J connectivity index is 2.49. The van der Waals surface area contributed by atoms with Crippen LogP contribution < -0.4 is 15.4 Å². The Kier molecular flexibility index (Phi) is 4.77. The van der Waals surface area contributed by atoms with E-state index in [1.54, 1.807) is 38.6 Å². The summed E-state index contributed by atoms with van der Waals surface area (Å²) in [6.07, 6.45) is 1.40. The van der Waals surface area contributed by atoms with Gasteiger partial charge in [-0.2, -0.15) is 4.98 Å². The number of hydrogen-bond acceptors (Lipinski definition) is 5. The van der Waals surface area contributed by atoms with Gasteiger partial charge < -0.3 is 14.6 Å². The molecule has 2 aromatic rings. The van der Waals surface area contributed by atoms with E-state index in [9.17, 15) is 4.57 Å². The lowest BCUT2D eigenvalue weighted by Gasteiger charge is -2.16. The summed E-state index contributed by atoms with van der Waals surface area (Å²) in [5.41, 5.74) is 0.640. The van der Waals surface area contributed by atoms with Crippen LogP contribution in [0.15, 0.2) is 24.4 Å².